The number of anilines is 1. The first kappa shape index (κ1) is 17.1. The van der Waals surface area contributed by atoms with Crippen molar-refractivity contribution in [1.82, 2.24) is 4.90 Å². The van der Waals surface area contributed by atoms with Gasteiger partial charge in [0.05, 0.1) is 18.2 Å². The Balaban J connectivity index is 1.85. The van der Waals surface area contributed by atoms with Crippen molar-refractivity contribution in [1.29, 1.82) is 0 Å². The molecular formula is C19H26N2O3. The lowest BCUT2D eigenvalue weighted by atomic mass is 9.97. The van der Waals surface area contributed by atoms with E-state index in [0.717, 1.165) is 36.9 Å². The van der Waals surface area contributed by atoms with Gasteiger partial charge in [0.15, 0.2) is 0 Å². The van der Waals surface area contributed by atoms with Gasteiger partial charge >= 0.3 is 0 Å². The maximum Gasteiger partial charge on any atom is 0.251 e. The van der Waals surface area contributed by atoms with E-state index in [2.05, 4.69) is 4.90 Å². The smallest absolute Gasteiger partial charge is 0.251 e. The molecular weight excluding hydrogens is 304 g/mol. The number of hydrogen-bond acceptors (Lipinski definition) is 4. The summed E-state index contributed by atoms with van der Waals surface area (Å²) in [4.78, 5) is 29.1. The minimum atomic E-state index is -0.379. The van der Waals surface area contributed by atoms with Crippen molar-refractivity contribution in [2.75, 3.05) is 18.1 Å². The molecule has 0 radical (unpaired) electrons. The summed E-state index contributed by atoms with van der Waals surface area (Å²) in [6.07, 6.45) is 4.07. The van der Waals surface area contributed by atoms with Crippen molar-refractivity contribution in [2.24, 2.45) is 0 Å². The topological polar surface area (TPSA) is 60.9 Å². The minimum Gasteiger partial charge on any atom is -0.396 e. The summed E-state index contributed by atoms with van der Waals surface area (Å²) >= 11 is 0. The number of imide groups is 1. The van der Waals surface area contributed by atoms with Crippen LogP contribution in [-0.4, -0.2) is 47.1 Å². The number of carbonyl (C=O) groups excluding carboxylic acids is 2. The van der Waals surface area contributed by atoms with E-state index in [4.69, 9.17) is 0 Å². The van der Waals surface area contributed by atoms with Crippen LogP contribution < -0.4 is 4.90 Å². The van der Waals surface area contributed by atoms with E-state index in [9.17, 15) is 14.7 Å². The predicted molar refractivity (Wildman–Crippen MR) is 92.9 cm³/mol. The third-order valence-corrected chi connectivity index (χ3v) is 5.12. The van der Waals surface area contributed by atoms with E-state index in [1.165, 1.54) is 4.90 Å². The number of likely N-dealkylation sites (tertiary alicyclic amines) is 1. The number of amides is 2. The SMILES string of the molecule is Cc1cc(C)cc(N2C(=O)C[C@@H](N3CCCC[C@H]3CCO)C2=O)c1. The highest BCUT2D eigenvalue weighted by atomic mass is 16.3. The van der Waals surface area contributed by atoms with Gasteiger partial charge < -0.3 is 5.11 Å². The van der Waals surface area contributed by atoms with Crippen LogP contribution in [0.25, 0.3) is 0 Å². The predicted octanol–water partition coefficient (Wildman–Crippen LogP) is 2.17. The van der Waals surface area contributed by atoms with Crippen LogP contribution in [0, 0.1) is 13.8 Å². The van der Waals surface area contributed by atoms with Crippen molar-refractivity contribution >= 4 is 17.5 Å². The maximum atomic E-state index is 13.0. The number of benzene rings is 1. The first-order valence-corrected chi connectivity index (χ1v) is 8.83. The van der Waals surface area contributed by atoms with Crippen LogP contribution >= 0.6 is 0 Å². The molecule has 1 aromatic carbocycles. The molecule has 2 aliphatic heterocycles. The average Bonchev–Trinajstić information content (AvgIpc) is 2.82. The standard InChI is InChI=1S/C19H26N2O3/c1-13-9-14(2)11-16(10-13)21-18(23)12-17(19(21)24)20-7-4-3-5-15(20)6-8-22/h9-11,15,17,22H,3-8,12H2,1-2H3/t15-,17+/m0/s1. The van der Waals surface area contributed by atoms with Crippen LogP contribution in [-0.2, 0) is 9.59 Å². The normalized spacial score (nSPS) is 25.5. The van der Waals surface area contributed by atoms with Gasteiger partial charge in [0, 0.05) is 12.6 Å². The van der Waals surface area contributed by atoms with Gasteiger partial charge in [-0.3, -0.25) is 14.5 Å². The zero-order valence-electron chi connectivity index (χ0n) is 14.5. The van der Waals surface area contributed by atoms with E-state index in [-0.39, 0.29) is 36.9 Å². The summed E-state index contributed by atoms with van der Waals surface area (Å²) in [7, 11) is 0. The third kappa shape index (κ3) is 3.23. The monoisotopic (exact) mass is 330 g/mol. The molecule has 2 heterocycles. The lowest BCUT2D eigenvalue weighted by Gasteiger charge is -2.38. The van der Waals surface area contributed by atoms with Crippen LogP contribution in [0.5, 0.6) is 0 Å². The Morgan fingerprint density at radius 2 is 1.83 bits per heavy atom. The second-order valence-corrected chi connectivity index (χ2v) is 7.03. The number of aliphatic hydroxyl groups excluding tert-OH is 1. The molecule has 0 spiro atoms. The molecule has 5 nitrogen and oxygen atoms in total. The third-order valence-electron chi connectivity index (χ3n) is 5.12. The minimum absolute atomic E-state index is 0.116. The molecule has 2 atom stereocenters. The largest absolute Gasteiger partial charge is 0.396 e. The van der Waals surface area contributed by atoms with Gasteiger partial charge in [0.1, 0.15) is 0 Å². The van der Waals surface area contributed by atoms with E-state index < -0.39 is 0 Å². The summed E-state index contributed by atoms with van der Waals surface area (Å²) in [5.74, 6) is -0.238. The molecule has 1 aromatic rings. The van der Waals surface area contributed by atoms with Gasteiger partial charge in [0.2, 0.25) is 5.91 Å². The number of aliphatic hydroxyl groups is 1. The molecule has 5 heteroatoms. The highest BCUT2D eigenvalue weighted by Gasteiger charge is 2.44. The van der Waals surface area contributed by atoms with Gasteiger partial charge in [-0.2, -0.15) is 0 Å². The molecule has 3 rings (SSSR count). The average molecular weight is 330 g/mol. The molecule has 2 fully saturated rings. The van der Waals surface area contributed by atoms with Crippen molar-refractivity contribution in [3.05, 3.63) is 29.3 Å². The van der Waals surface area contributed by atoms with Gasteiger partial charge in [0.25, 0.3) is 5.91 Å². The van der Waals surface area contributed by atoms with Gasteiger partial charge in [-0.05, 0) is 62.9 Å². The van der Waals surface area contributed by atoms with E-state index in [1.807, 2.05) is 32.0 Å². The summed E-state index contributed by atoms with van der Waals surface area (Å²) in [6.45, 7) is 4.90. The Labute approximate surface area is 143 Å². The second-order valence-electron chi connectivity index (χ2n) is 7.03. The Morgan fingerprint density at radius 1 is 1.12 bits per heavy atom. The molecule has 0 bridgehead atoms. The fourth-order valence-electron chi connectivity index (χ4n) is 4.12. The lowest BCUT2D eigenvalue weighted by Crippen LogP contribution is -2.50. The molecule has 1 N–H and O–H groups in total. The van der Waals surface area contributed by atoms with E-state index in [0.29, 0.717) is 12.1 Å². The molecule has 2 aliphatic rings. The zero-order chi connectivity index (χ0) is 17.3. The lowest BCUT2D eigenvalue weighted by molar-refractivity contribution is -0.123. The Morgan fingerprint density at radius 3 is 2.50 bits per heavy atom. The fourth-order valence-corrected chi connectivity index (χ4v) is 4.12. The van der Waals surface area contributed by atoms with Crippen molar-refractivity contribution in [3.8, 4) is 0 Å². The van der Waals surface area contributed by atoms with Crippen LogP contribution in [0.2, 0.25) is 0 Å². The molecule has 2 amide bonds. The van der Waals surface area contributed by atoms with Crippen LogP contribution in [0.1, 0.15) is 43.2 Å². The van der Waals surface area contributed by atoms with Gasteiger partial charge in [-0.25, -0.2) is 4.90 Å². The number of aryl methyl sites for hydroxylation is 2. The Bertz CT molecular complexity index is 621. The van der Waals surface area contributed by atoms with Crippen LogP contribution in [0.3, 0.4) is 0 Å². The highest BCUT2D eigenvalue weighted by Crippen LogP contribution is 2.31. The summed E-state index contributed by atoms with van der Waals surface area (Å²) in [5, 5.41) is 9.30. The van der Waals surface area contributed by atoms with Crippen molar-refractivity contribution in [2.45, 2.75) is 58.0 Å². The molecule has 0 unspecified atom stereocenters. The molecule has 130 valence electrons. The molecule has 0 aliphatic carbocycles. The summed E-state index contributed by atoms with van der Waals surface area (Å²) < 4.78 is 0. The number of piperidine rings is 1. The van der Waals surface area contributed by atoms with E-state index >= 15 is 0 Å². The van der Waals surface area contributed by atoms with Crippen LogP contribution in [0.15, 0.2) is 18.2 Å². The number of hydrogen-bond donors (Lipinski definition) is 1. The second kappa shape index (κ2) is 7.03. The number of nitrogens with zero attached hydrogens (tertiary/aromatic N) is 2. The van der Waals surface area contributed by atoms with Crippen LogP contribution in [0.4, 0.5) is 5.69 Å². The molecule has 24 heavy (non-hydrogen) atoms. The fraction of sp³-hybridized carbons (Fsp3) is 0.579. The molecule has 0 aromatic heterocycles. The van der Waals surface area contributed by atoms with Gasteiger partial charge in [-0.15, -0.1) is 0 Å². The van der Waals surface area contributed by atoms with E-state index in [1.54, 1.807) is 0 Å². The van der Waals surface area contributed by atoms with Crippen molar-refractivity contribution in [3.63, 3.8) is 0 Å². The Hall–Kier alpha value is -1.72. The van der Waals surface area contributed by atoms with Gasteiger partial charge in [-0.1, -0.05) is 12.5 Å². The number of carbonyl (C=O) groups is 2. The summed E-state index contributed by atoms with van der Waals surface area (Å²) in [5.41, 5.74) is 2.77. The quantitative estimate of drug-likeness (QED) is 0.860. The maximum absolute atomic E-state index is 13.0. The van der Waals surface area contributed by atoms with Crippen molar-refractivity contribution < 1.29 is 14.7 Å². The molecule has 0 saturated carbocycles. The summed E-state index contributed by atoms with van der Waals surface area (Å²) in [6, 6.07) is 5.65. The first-order valence-electron chi connectivity index (χ1n) is 8.83. The molecule has 2 saturated heterocycles. The highest BCUT2D eigenvalue weighted by molar-refractivity contribution is 6.22. The number of rotatable bonds is 4. The Kier molecular flexibility index (Phi) is 5.01. The first-order chi connectivity index (χ1) is 11.5. The zero-order valence-corrected chi connectivity index (χ0v) is 14.5.